The Kier molecular flexibility index (Phi) is 9.67. The Morgan fingerprint density at radius 3 is 2.81 bits per heavy atom. The SMILES string of the molecule is COc1ccc(CNC(=O)[C@H](CSCC2CCCCC2)NC(=O)[C@@H]2CSCN2)cc1O. The predicted octanol–water partition coefficient (Wildman–Crippen LogP) is 2.48. The third kappa shape index (κ3) is 7.50. The molecule has 3 rings (SSSR count). The van der Waals surface area contributed by atoms with Crippen LogP contribution < -0.4 is 20.7 Å². The number of nitrogens with one attached hydrogen (secondary N) is 3. The molecule has 0 radical (unpaired) electrons. The van der Waals surface area contributed by atoms with Crippen LogP contribution in [0, 0.1) is 5.92 Å². The van der Waals surface area contributed by atoms with Gasteiger partial charge in [-0.3, -0.25) is 14.9 Å². The Morgan fingerprint density at radius 1 is 1.32 bits per heavy atom. The summed E-state index contributed by atoms with van der Waals surface area (Å²) in [5.41, 5.74) is 0.764. The summed E-state index contributed by atoms with van der Waals surface area (Å²) in [6.07, 6.45) is 6.45. The summed E-state index contributed by atoms with van der Waals surface area (Å²) in [6, 6.07) is 4.20. The lowest BCUT2D eigenvalue weighted by Gasteiger charge is -2.23. The highest BCUT2D eigenvalue weighted by atomic mass is 32.2. The lowest BCUT2D eigenvalue weighted by atomic mass is 9.91. The Bertz CT molecular complexity index is 737. The van der Waals surface area contributed by atoms with Crippen molar-refractivity contribution in [3.63, 3.8) is 0 Å². The van der Waals surface area contributed by atoms with Gasteiger partial charge in [-0.25, -0.2) is 0 Å². The standard InChI is InChI=1S/C22H33N3O4S2/c1-29-20-8-7-16(9-19(20)26)10-23-21(27)18(25-22(28)17-12-31-14-24-17)13-30-11-15-5-3-2-4-6-15/h7-9,15,17-18,24,26H,2-6,10-14H2,1H3,(H,23,27)(H,25,28)/t17-,18-/m0/s1. The first-order valence-electron chi connectivity index (χ1n) is 10.9. The molecule has 2 fully saturated rings. The number of carbonyl (C=O) groups is 2. The first kappa shape index (κ1) is 24.1. The van der Waals surface area contributed by atoms with E-state index in [2.05, 4.69) is 16.0 Å². The molecular weight excluding hydrogens is 434 g/mol. The summed E-state index contributed by atoms with van der Waals surface area (Å²) >= 11 is 3.43. The zero-order valence-corrected chi connectivity index (χ0v) is 19.7. The molecule has 9 heteroatoms. The molecule has 2 amide bonds. The summed E-state index contributed by atoms with van der Waals surface area (Å²) in [6.45, 7) is 0.271. The number of thioether (sulfide) groups is 2. The van der Waals surface area contributed by atoms with Crippen molar-refractivity contribution < 1.29 is 19.4 Å². The van der Waals surface area contributed by atoms with Crippen LogP contribution in [0.4, 0.5) is 0 Å². The lowest BCUT2D eigenvalue weighted by Crippen LogP contribution is -2.53. The zero-order valence-electron chi connectivity index (χ0n) is 18.0. The van der Waals surface area contributed by atoms with Crippen molar-refractivity contribution in [1.82, 2.24) is 16.0 Å². The summed E-state index contributed by atoms with van der Waals surface area (Å²) in [5.74, 6) is 3.88. The highest BCUT2D eigenvalue weighted by Crippen LogP contribution is 2.27. The molecular formula is C22H33N3O4S2. The van der Waals surface area contributed by atoms with Gasteiger partial charge < -0.3 is 20.5 Å². The molecule has 0 bridgehead atoms. The predicted molar refractivity (Wildman–Crippen MR) is 127 cm³/mol. The van der Waals surface area contributed by atoms with Gasteiger partial charge in [-0.05, 0) is 42.2 Å². The number of carbonyl (C=O) groups excluding carboxylic acids is 2. The minimum atomic E-state index is -0.583. The molecule has 1 aliphatic carbocycles. The van der Waals surface area contributed by atoms with Gasteiger partial charge in [-0.1, -0.05) is 25.3 Å². The second-order valence-corrected chi connectivity index (χ2v) is 10.2. The number of aromatic hydroxyl groups is 1. The van der Waals surface area contributed by atoms with E-state index < -0.39 is 6.04 Å². The van der Waals surface area contributed by atoms with Crippen molar-refractivity contribution in [2.24, 2.45) is 5.92 Å². The fourth-order valence-corrected chi connectivity index (χ4v) is 6.10. The van der Waals surface area contributed by atoms with Gasteiger partial charge in [0.2, 0.25) is 11.8 Å². The van der Waals surface area contributed by atoms with Crippen LogP contribution in [0.15, 0.2) is 18.2 Å². The minimum absolute atomic E-state index is 0.0342. The number of phenolic OH excluding ortho intramolecular Hbond substituents is 1. The van der Waals surface area contributed by atoms with Crippen LogP contribution in [0.3, 0.4) is 0 Å². The molecule has 0 unspecified atom stereocenters. The van der Waals surface area contributed by atoms with Gasteiger partial charge in [0.25, 0.3) is 0 Å². The van der Waals surface area contributed by atoms with Crippen LogP contribution in [0.5, 0.6) is 11.5 Å². The Balaban J connectivity index is 1.54. The van der Waals surface area contributed by atoms with E-state index in [9.17, 15) is 14.7 Å². The molecule has 2 aliphatic rings. The fourth-order valence-electron chi connectivity index (χ4n) is 3.88. The molecule has 1 aromatic carbocycles. The third-order valence-electron chi connectivity index (χ3n) is 5.74. The lowest BCUT2D eigenvalue weighted by molar-refractivity contribution is -0.129. The molecule has 172 valence electrons. The van der Waals surface area contributed by atoms with E-state index in [-0.39, 0.29) is 30.2 Å². The number of hydrogen-bond donors (Lipinski definition) is 4. The maximum atomic E-state index is 12.9. The largest absolute Gasteiger partial charge is 0.504 e. The van der Waals surface area contributed by atoms with Crippen LogP contribution in [-0.4, -0.2) is 59.2 Å². The summed E-state index contributed by atoms with van der Waals surface area (Å²) in [7, 11) is 1.49. The van der Waals surface area contributed by atoms with Gasteiger partial charge in [0.05, 0.1) is 13.2 Å². The molecule has 7 nitrogen and oxygen atoms in total. The van der Waals surface area contributed by atoms with E-state index in [1.54, 1.807) is 41.7 Å². The second kappa shape index (κ2) is 12.5. The van der Waals surface area contributed by atoms with Gasteiger partial charge in [-0.2, -0.15) is 11.8 Å². The fraction of sp³-hybridized carbons (Fsp3) is 0.636. The summed E-state index contributed by atoms with van der Waals surface area (Å²) in [4.78, 5) is 25.5. The summed E-state index contributed by atoms with van der Waals surface area (Å²) < 4.78 is 5.06. The maximum absolute atomic E-state index is 12.9. The number of methoxy groups -OCH3 is 1. The van der Waals surface area contributed by atoms with E-state index in [4.69, 9.17) is 4.74 Å². The normalized spacial score (nSPS) is 20.2. The van der Waals surface area contributed by atoms with Crippen LogP contribution >= 0.6 is 23.5 Å². The molecule has 0 aromatic heterocycles. The van der Waals surface area contributed by atoms with Crippen LogP contribution in [0.1, 0.15) is 37.7 Å². The van der Waals surface area contributed by atoms with Gasteiger partial charge in [-0.15, -0.1) is 11.8 Å². The van der Waals surface area contributed by atoms with Crippen molar-refractivity contribution in [1.29, 1.82) is 0 Å². The van der Waals surface area contributed by atoms with E-state index in [0.717, 1.165) is 22.9 Å². The summed E-state index contributed by atoms with van der Waals surface area (Å²) in [5, 5.41) is 18.9. The van der Waals surface area contributed by atoms with Crippen molar-refractivity contribution in [2.45, 2.75) is 50.7 Å². The Morgan fingerprint density at radius 2 is 2.13 bits per heavy atom. The van der Waals surface area contributed by atoms with Gasteiger partial charge >= 0.3 is 0 Å². The molecule has 1 saturated carbocycles. The van der Waals surface area contributed by atoms with Gasteiger partial charge in [0.15, 0.2) is 11.5 Å². The van der Waals surface area contributed by atoms with E-state index >= 15 is 0 Å². The van der Waals surface area contributed by atoms with Crippen LogP contribution in [0.25, 0.3) is 0 Å². The molecule has 1 saturated heterocycles. The smallest absolute Gasteiger partial charge is 0.243 e. The van der Waals surface area contributed by atoms with E-state index in [0.29, 0.717) is 17.4 Å². The van der Waals surface area contributed by atoms with Crippen molar-refractivity contribution >= 4 is 35.3 Å². The number of rotatable bonds is 10. The van der Waals surface area contributed by atoms with E-state index in [1.807, 2.05) is 0 Å². The average molecular weight is 468 g/mol. The zero-order chi connectivity index (χ0) is 22.1. The van der Waals surface area contributed by atoms with Crippen molar-refractivity contribution in [3.05, 3.63) is 23.8 Å². The number of amides is 2. The average Bonchev–Trinajstić information content (AvgIpc) is 3.33. The number of ether oxygens (including phenoxy) is 1. The molecule has 0 spiro atoms. The highest BCUT2D eigenvalue weighted by molar-refractivity contribution is 7.99. The topological polar surface area (TPSA) is 99.7 Å². The van der Waals surface area contributed by atoms with Crippen LogP contribution in [-0.2, 0) is 16.1 Å². The highest BCUT2D eigenvalue weighted by Gasteiger charge is 2.28. The third-order valence-corrected chi connectivity index (χ3v) is 7.95. The van der Waals surface area contributed by atoms with Crippen molar-refractivity contribution in [3.8, 4) is 11.5 Å². The molecule has 1 aliphatic heterocycles. The van der Waals surface area contributed by atoms with Gasteiger partial charge in [0, 0.05) is 23.9 Å². The molecule has 4 N–H and O–H groups in total. The quantitative estimate of drug-likeness (QED) is 0.419. The van der Waals surface area contributed by atoms with Gasteiger partial charge in [0.1, 0.15) is 6.04 Å². The maximum Gasteiger partial charge on any atom is 0.243 e. The molecule has 1 heterocycles. The Hall–Kier alpha value is -1.58. The Labute approximate surface area is 192 Å². The molecule has 31 heavy (non-hydrogen) atoms. The van der Waals surface area contributed by atoms with E-state index in [1.165, 1.54) is 39.2 Å². The van der Waals surface area contributed by atoms with Crippen LogP contribution in [0.2, 0.25) is 0 Å². The first-order valence-corrected chi connectivity index (χ1v) is 13.2. The molecule has 2 atom stereocenters. The number of phenols is 1. The minimum Gasteiger partial charge on any atom is -0.504 e. The first-order chi connectivity index (χ1) is 15.1. The second-order valence-electron chi connectivity index (χ2n) is 8.10. The monoisotopic (exact) mass is 467 g/mol. The number of benzene rings is 1. The number of hydrogen-bond acceptors (Lipinski definition) is 7. The molecule has 1 aromatic rings. The van der Waals surface area contributed by atoms with Crippen molar-refractivity contribution in [2.75, 3.05) is 30.2 Å².